The normalized spacial score (nSPS) is 21.8. The van der Waals surface area contributed by atoms with Gasteiger partial charge < -0.3 is 4.90 Å². The van der Waals surface area contributed by atoms with E-state index < -0.39 is 10.0 Å². The molecule has 0 unspecified atom stereocenters. The first-order valence-corrected chi connectivity index (χ1v) is 14.0. The summed E-state index contributed by atoms with van der Waals surface area (Å²) in [5.74, 6) is 0.640. The van der Waals surface area contributed by atoms with Crippen LogP contribution < -0.4 is 0 Å². The van der Waals surface area contributed by atoms with Gasteiger partial charge >= 0.3 is 0 Å². The maximum atomic E-state index is 13.6. The summed E-state index contributed by atoms with van der Waals surface area (Å²) in [7, 11) is -3.59. The van der Waals surface area contributed by atoms with Gasteiger partial charge in [0.2, 0.25) is 5.96 Å². The molecule has 0 aromatic rings. The van der Waals surface area contributed by atoms with Gasteiger partial charge in [-0.1, -0.05) is 44.1 Å². The third-order valence-corrected chi connectivity index (χ3v) is 8.98. The zero-order valence-corrected chi connectivity index (χ0v) is 22.0. The summed E-state index contributed by atoms with van der Waals surface area (Å²) in [5, 5.41) is 0. The number of aliphatic imine (C=N–C) groups is 1. The Morgan fingerprint density at radius 1 is 0.939 bits per heavy atom. The van der Waals surface area contributed by atoms with Gasteiger partial charge in [-0.05, 0) is 63.7 Å². The molecule has 184 valence electrons. The van der Waals surface area contributed by atoms with Crippen LogP contribution in [-0.4, -0.2) is 73.8 Å². The van der Waals surface area contributed by atoms with Crippen molar-refractivity contribution in [2.75, 3.05) is 39.3 Å². The average Bonchev–Trinajstić information content (AvgIpc) is 3.24. The van der Waals surface area contributed by atoms with Crippen molar-refractivity contribution in [1.29, 1.82) is 0 Å². The molecule has 0 radical (unpaired) electrons. The van der Waals surface area contributed by atoms with E-state index in [1.54, 1.807) is 10.4 Å². The fourth-order valence-electron chi connectivity index (χ4n) is 4.59. The highest BCUT2D eigenvalue weighted by Gasteiger charge is 2.36. The van der Waals surface area contributed by atoms with Crippen LogP contribution in [0.15, 0.2) is 50.9 Å². The number of guanidine groups is 1. The highest BCUT2D eigenvalue weighted by Crippen LogP contribution is 2.27. The monoisotopic (exact) mass is 474 g/mol. The molecular weight excluding hydrogens is 432 g/mol. The highest BCUT2D eigenvalue weighted by molar-refractivity contribution is 7.93. The Bertz CT molecular complexity index is 943. The topological polar surface area (TPSA) is 56.2 Å². The molecule has 0 N–H and O–H groups in total. The molecule has 3 rings (SSSR count). The van der Waals surface area contributed by atoms with E-state index in [1.165, 1.54) is 30.4 Å². The number of allylic oxidation sites excluding steroid dienone is 8. The van der Waals surface area contributed by atoms with Gasteiger partial charge in [0.1, 0.15) is 0 Å². The number of hydrogen-bond donors (Lipinski definition) is 0. The van der Waals surface area contributed by atoms with E-state index in [9.17, 15) is 8.42 Å². The molecule has 0 aromatic carbocycles. The molecule has 6 nitrogen and oxygen atoms in total. The first-order chi connectivity index (χ1) is 15.8. The van der Waals surface area contributed by atoms with E-state index in [-0.39, 0.29) is 0 Å². The van der Waals surface area contributed by atoms with Crippen molar-refractivity contribution in [3.05, 3.63) is 45.9 Å². The third kappa shape index (κ3) is 6.18. The zero-order chi connectivity index (χ0) is 24.0. The minimum atomic E-state index is -3.59. The Labute approximate surface area is 201 Å². The van der Waals surface area contributed by atoms with Crippen LogP contribution in [0, 0.1) is 0 Å². The van der Waals surface area contributed by atoms with E-state index in [2.05, 4.69) is 54.6 Å². The molecular formula is C26H42N4O2S. The molecule has 2 heterocycles. The van der Waals surface area contributed by atoms with Gasteiger partial charge in [0.15, 0.2) is 0 Å². The number of nitrogens with zero attached hydrogens (tertiary/aromatic N) is 4. The Hall–Kier alpha value is -1.86. The largest absolute Gasteiger partial charge is 0.339 e. The van der Waals surface area contributed by atoms with Crippen molar-refractivity contribution in [3.8, 4) is 0 Å². The quantitative estimate of drug-likeness (QED) is 0.479. The van der Waals surface area contributed by atoms with Crippen LogP contribution in [0.3, 0.4) is 0 Å². The molecule has 2 fully saturated rings. The Balaban J connectivity index is 1.74. The zero-order valence-electron chi connectivity index (χ0n) is 21.2. The molecule has 0 atom stereocenters. The third-order valence-electron chi connectivity index (χ3n) is 6.96. The second-order valence-corrected chi connectivity index (χ2v) is 11.4. The summed E-state index contributed by atoms with van der Waals surface area (Å²) in [6.45, 7) is 14.9. The standard InChI is InChI=1S/C26H42N4O2S/c1-6-23(13-11-21(3)4)22(5)12-14-25(7-2)33(31,32)30-16-15-27-26(30)29-19-17-28(18-20-29)24-9-8-10-24/h11-14,24H,6-10,15-20H2,1-5H3/b22-12+,23-13+,25-14+. The van der Waals surface area contributed by atoms with E-state index in [0.717, 1.165) is 44.2 Å². The van der Waals surface area contributed by atoms with Crippen molar-refractivity contribution in [1.82, 2.24) is 14.1 Å². The Kier molecular flexibility index (Phi) is 8.99. The fraction of sp³-hybridized carbons (Fsp3) is 0.654. The van der Waals surface area contributed by atoms with Crippen LogP contribution in [0.1, 0.15) is 66.7 Å². The Morgan fingerprint density at radius 2 is 1.64 bits per heavy atom. The molecule has 33 heavy (non-hydrogen) atoms. The van der Waals surface area contributed by atoms with Gasteiger partial charge in [0, 0.05) is 32.2 Å². The van der Waals surface area contributed by atoms with Crippen LogP contribution in [0.25, 0.3) is 0 Å². The van der Waals surface area contributed by atoms with Crippen LogP contribution in [0.2, 0.25) is 0 Å². The molecule has 0 spiro atoms. The lowest BCUT2D eigenvalue weighted by atomic mass is 9.91. The fourth-order valence-corrected chi connectivity index (χ4v) is 6.19. The first kappa shape index (κ1) is 25.8. The van der Waals surface area contributed by atoms with Crippen molar-refractivity contribution in [2.24, 2.45) is 4.99 Å². The number of rotatable bonds is 8. The van der Waals surface area contributed by atoms with Gasteiger partial charge in [0.05, 0.1) is 18.0 Å². The predicted molar refractivity (Wildman–Crippen MR) is 139 cm³/mol. The number of hydrogen-bond acceptors (Lipinski definition) is 5. The lowest BCUT2D eigenvalue weighted by molar-refractivity contribution is 0.0833. The minimum absolute atomic E-state index is 0.432. The van der Waals surface area contributed by atoms with Gasteiger partial charge in [0.25, 0.3) is 10.0 Å². The molecule has 1 saturated heterocycles. The van der Waals surface area contributed by atoms with E-state index in [0.29, 0.717) is 30.4 Å². The van der Waals surface area contributed by atoms with Crippen LogP contribution in [-0.2, 0) is 10.0 Å². The van der Waals surface area contributed by atoms with Gasteiger partial charge in [-0.15, -0.1) is 0 Å². The molecule has 0 aromatic heterocycles. The maximum absolute atomic E-state index is 13.6. The molecule has 3 aliphatic rings. The van der Waals surface area contributed by atoms with Crippen molar-refractivity contribution >= 4 is 16.0 Å². The average molecular weight is 475 g/mol. The molecule has 0 bridgehead atoms. The van der Waals surface area contributed by atoms with Crippen molar-refractivity contribution in [2.45, 2.75) is 72.8 Å². The Morgan fingerprint density at radius 3 is 2.18 bits per heavy atom. The summed E-state index contributed by atoms with van der Waals surface area (Å²) in [4.78, 5) is 9.80. The number of piperazine rings is 1. The van der Waals surface area contributed by atoms with Crippen molar-refractivity contribution in [3.63, 3.8) is 0 Å². The van der Waals surface area contributed by atoms with E-state index in [4.69, 9.17) is 0 Å². The second kappa shape index (κ2) is 11.5. The van der Waals surface area contributed by atoms with Crippen LogP contribution >= 0.6 is 0 Å². The van der Waals surface area contributed by atoms with Gasteiger partial charge in [-0.25, -0.2) is 12.7 Å². The van der Waals surface area contributed by atoms with E-state index in [1.807, 2.05) is 13.0 Å². The van der Waals surface area contributed by atoms with Crippen LogP contribution in [0.4, 0.5) is 0 Å². The molecule has 1 aliphatic carbocycles. The van der Waals surface area contributed by atoms with Gasteiger partial charge in [-0.3, -0.25) is 9.89 Å². The lowest BCUT2D eigenvalue weighted by Gasteiger charge is -2.44. The first-order valence-electron chi connectivity index (χ1n) is 12.6. The minimum Gasteiger partial charge on any atom is -0.339 e. The SMILES string of the molecule is CCC(=C\C=C(C)C)/C(C)=C/C=C(\CC)S(=O)(=O)N1CCN=C1N1CCN(C2CCC2)CC1. The predicted octanol–water partition coefficient (Wildman–Crippen LogP) is 4.70. The summed E-state index contributed by atoms with van der Waals surface area (Å²) < 4.78 is 28.7. The molecule has 7 heteroatoms. The maximum Gasteiger partial charge on any atom is 0.262 e. The number of sulfonamides is 1. The summed E-state index contributed by atoms with van der Waals surface area (Å²) in [5.41, 5.74) is 3.56. The summed E-state index contributed by atoms with van der Waals surface area (Å²) in [6.07, 6.45) is 13.3. The van der Waals surface area contributed by atoms with Crippen LogP contribution in [0.5, 0.6) is 0 Å². The van der Waals surface area contributed by atoms with Gasteiger partial charge in [-0.2, -0.15) is 0 Å². The molecule has 1 saturated carbocycles. The smallest absolute Gasteiger partial charge is 0.262 e. The highest BCUT2D eigenvalue weighted by atomic mass is 32.2. The molecule has 0 amide bonds. The van der Waals surface area contributed by atoms with Crippen molar-refractivity contribution < 1.29 is 8.42 Å². The van der Waals surface area contributed by atoms with E-state index >= 15 is 0 Å². The summed E-state index contributed by atoms with van der Waals surface area (Å²) in [6, 6.07) is 0.737. The summed E-state index contributed by atoms with van der Waals surface area (Å²) >= 11 is 0. The lowest BCUT2D eigenvalue weighted by Crippen LogP contribution is -2.56. The molecule has 2 aliphatic heterocycles. The second-order valence-electron chi connectivity index (χ2n) is 9.49.